The molecule has 0 saturated heterocycles. The van der Waals surface area contributed by atoms with E-state index >= 15 is 0 Å². The topological polar surface area (TPSA) is 90.1 Å². The molecule has 0 fully saturated rings. The van der Waals surface area contributed by atoms with Gasteiger partial charge in [0.2, 0.25) is 5.95 Å². The number of benzene rings is 2. The summed E-state index contributed by atoms with van der Waals surface area (Å²) in [5.74, 6) is 0.227. The Balaban J connectivity index is 1.93. The van der Waals surface area contributed by atoms with Crippen LogP contribution in [0, 0.1) is 0 Å². The van der Waals surface area contributed by atoms with Crippen molar-refractivity contribution in [3.05, 3.63) is 64.3 Å². The maximum absolute atomic E-state index is 11.8. The molecule has 0 saturated carbocycles. The van der Waals surface area contributed by atoms with E-state index in [0.29, 0.717) is 44.3 Å². The van der Waals surface area contributed by atoms with E-state index in [-0.39, 0.29) is 6.10 Å². The Morgan fingerprint density at radius 3 is 2.46 bits per heavy atom. The number of anilines is 2. The van der Waals surface area contributed by atoms with Crippen molar-refractivity contribution < 1.29 is 9.53 Å². The van der Waals surface area contributed by atoms with Crippen LogP contribution in [0.5, 0.6) is 5.75 Å². The molecule has 0 radical (unpaired) electrons. The van der Waals surface area contributed by atoms with Crippen LogP contribution in [0.1, 0.15) is 24.2 Å². The number of ether oxygens (including phenoxy) is 1. The van der Waals surface area contributed by atoms with Crippen molar-refractivity contribution >= 4 is 40.7 Å². The Morgan fingerprint density at radius 2 is 1.82 bits per heavy atom. The Labute approximate surface area is 172 Å². The highest BCUT2D eigenvalue weighted by Crippen LogP contribution is 2.28. The number of hydrogen-bond donors (Lipinski definition) is 2. The minimum atomic E-state index is -0.571. The second-order valence-corrected chi connectivity index (χ2v) is 7.16. The highest BCUT2D eigenvalue weighted by Gasteiger charge is 2.14. The van der Waals surface area contributed by atoms with Crippen LogP contribution in [-0.4, -0.2) is 22.0 Å². The molecule has 0 aliphatic heterocycles. The number of carbonyl (C=O) groups excluding carboxylic acids is 1. The summed E-state index contributed by atoms with van der Waals surface area (Å²) in [7, 11) is 0. The fourth-order valence-corrected chi connectivity index (χ4v) is 3.10. The first-order chi connectivity index (χ1) is 13.3. The van der Waals surface area contributed by atoms with E-state index in [2.05, 4.69) is 15.3 Å². The molecule has 0 aliphatic carbocycles. The van der Waals surface area contributed by atoms with Crippen LogP contribution in [-0.2, 0) is 0 Å². The number of nitrogens with zero attached hydrogens (tertiary/aromatic N) is 2. The second-order valence-electron chi connectivity index (χ2n) is 6.29. The van der Waals surface area contributed by atoms with Crippen LogP contribution in [0.4, 0.5) is 11.6 Å². The molecule has 8 heteroatoms. The lowest BCUT2D eigenvalue weighted by Gasteiger charge is -2.14. The lowest BCUT2D eigenvalue weighted by atomic mass is 10.1. The maximum atomic E-state index is 11.8. The predicted octanol–water partition coefficient (Wildman–Crippen LogP) is 5.08. The van der Waals surface area contributed by atoms with Crippen molar-refractivity contribution in [2.45, 2.75) is 20.0 Å². The normalized spacial score (nSPS) is 10.8. The van der Waals surface area contributed by atoms with Crippen molar-refractivity contribution in [3.8, 4) is 17.0 Å². The van der Waals surface area contributed by atoms with Gasteiger partial charge >= 0.3 is 0 Å². The standard InChI is InChI=1S/C20H18Cl2N4O2/c1-11(2)28-18-4-3-12(7-16(18)19(23)27)17-5-6-24-20(26-17)25-15-9-13(21)8-14(22)10-15/h3-11H,1-2H3,(H2,23,27)(H,24,25,26). The summed E-state index contributed by atoms with van der Waals surface area (Å²) in [6.07, 6.45) is 1.53. The third kappa shape index (κ3) is 4.91. The number of amides is 1. The maximum Gasteiger partial charge on any atom is 0.252 e. The molecule has 1 aromatic heterocycles. The number of carbonyl (C=O) groups is 1. The number of rotatable bonds is 6. The van der Waals surface area contributed by atoms with Crippen LogP contribution >= 0.6 is 23.2 Å². The molecular formula is C20H18Cl2N4O2. The predicted molar refractivity (Wildman–Crippen MR) is 111 cm³/mol. The van der Waals surface area contributed by atoms with Crippen LogP contribution in [0.2, 0.25) is 10.0 Å². The Morgan fingerprint density at radius 1 is 1.11 bits per heavy atom. The van der Waals surface area contributed by atoms with Crippen LogP contribution in [0.25, 0.3) is 11.3 Å². The average Bonchev–Trinajstić information content (AvgIpc) is 2.60. The molecule has 2 aromatic carbocycles. The van der Waals surface area contributed by atoms with E-state index in [1.807, 2.05) is 19.9 Å². The molecule has 28 heavy (non-hydrogen) atoms. The van der Waals surface area contributed by atoms with Gasteiger partial charge in [0.1, 0.15) is 5.75 Å². The van der Waals surface area contributed by atoms with Crippen molar-refractivity contribution in [1.82, 2.24) is 9.97 Å². The van der Waals surface area contributed by atoms with E-state index in [1.165, 1.54) is 0 Å². The van der Waals surface area contributed by atoms with Gasteiger partial charge in [0.25, 0.3) is 5.91 Å². The van der Waals surface area contributed by atoms with Gasteiger partial charge in [-0.05, 0) is 56.3 Å². The highest BCUT2D eigenvalue weighted by molar-refractivity contribution is 6.35. The molecule has 1 amide bonds. The minimum Gasteiger partial charge on any atom is -0.490 e. The third-order valence-corrected chi connectivity index (χ3v) is 4.11. The Bertz CT molecular complexity index is 1000. The summed E-state index contributed by atoms with van der Waals surface area (Å²) in [4.78, 5) is 20.5. The summed E-state index contributed by atoms with van der Waals surface area (Å²) < 4.78 is 5.65. The van der Waals surface area contributed by atoms with Crippen molar-refractivity contribution in [2.75, 3.05) is 5.32 Å². The number of hydrogen-bond acceptors (Lipinski definition) is 5. The molecule has 6 nitrogen and oxygen atoms in total. The lowest BCUT2D eigenvalue weighted by molar-refractivity contribution is 0.0994. The lowest BCUT2D eigenvalue weighted by Crippen LogP contribution is -2.15. The highest BCUT2D eigenvalue weighted by atomic mass is 35.5. The van der Waals surface area contributed by atoms with Crippen LogP contribution < -0.4 is 15.8 Å². The van der Waals surface area contributed by atoms with Crippen LogP contribution in [0.3, 0.4) is 0 Å². The molecule has 0 bridgehead atoms. The van der Waals surface area contributed by atoms with Gasteiger partial charge in [0, 0.05) is 27.5 Å². The van der Waals surface area contributed by atoms with Gasteiger partial charge in [0.05, 0.1) is 17.4 Å². The smallest absolute Gasteiger partial charge is 0.252 e. The minimum absolute atomic E-state index is 0.0803. The third-order valence-electron chi connectivity index (χ3n) is 3.68. The summed E-state index contributed by atoms with van der Waals surface area (Å²) in [5, 5.41) is 4.06. The SMILES string of the molecule is CC(C)Oc1ccc(-c2ccnc(Nc3cc(Cl)cc(Cl)c3)n2)cc1C(N)=O. The summed E-state index contributed by atoms with van der Waals surface area (Å²) in [5.41, 5.74) is 7.78. The van der Waals surface area contributed by atoms with Gasteiger partial charge in [-0.2, -0.15) is 0 Å². The largest absolute Gasteiger partial charge is 0.490 e. The molecule has 0 unspecified atom stereocenters. The first-order valence-corrected chi connectivity index (χ1v) is 9.24. The Kier molecular flexibility index (Phi) is 6.02. The van der Waals surface area contributed by atoms with E-state index in [0.717, 1.165) is 0 Å². The van der Waals surface area contributed by atoms with E-state index in [1.54, 1.807) is 42.6 Å². The molecule has 0 spiro atoms. The molecule has 3 N–H and O–H groups in total. The molecule has 3 aromatic rings. The first kappa shape index (κ1) is 19.9. The van der Waals surface area contributed by atoms with Gasteiger partial charge in [-0.25, -0.2) is 9.97 Å². The van der Waals surface area contributed by atoms with E-state index < -0.39 is 5.91 Å². The molecule has 144 valence electrons. The van der Waals surface area contributed by atoms with Crippen molar-refractivity contribution in [1.29, 1.82) is 0 Å². The van der Waals surface area contributed by atoms with Gasteiger partial charge in [-0.3, -0.25) is 4.79 Å². The number of halogens is 2. The average molecular weight is 417 g/mol. The molecule has 0 atom stereocenters. The van der Waals surface area contributed by atoms with E-state index in [9.17, 15) is 4.79 Å². The summed E-state index contributed by atoms with van der Waals surface area (Å²) in [6, 6.07) is 12.0. The summed E-state index contributed by atoms with van der Waals surface area (Å²) in [6.45, 7) is 3.76. The zero-order valence-electron chi connectivity index (χ0n) is 15.2. The van der Waals surface area contributed by atoms with E-state index in [4.69, 9.17) is 33.7 Å². The van der Waals surface area contributed by atoms with Crippen molar-refractivity contribution in [2.24, 2.45) is 5.73 Å². The monoisotopic (exact) mass is 416 g/mol. The molecule has 3 rings (SSSR count). The molecular weight excluding hydrogens is 399 g/mol. The quantitative estimate of drug-likeness (QED) is 0.584. The zero-order valence-corrected chi connectivity index (χ0v) is 16.8. The summed E-state index contributed by atoms with van der Waals surface area (Å²) >= 11 is 12.0. The number of nitrogens with one attached hydrogen (secondary N) is 1. The Hall–Kier alpha value is -2.83. The first-order valence-electron chi connectivity index (χ1n) is 8.49. The van der Waals surface area contributed by atoms with Gasteiger partial charge < -0.3 is 15.8 Å². The number of aromatic nitrogens is 2. The number of nitrogens with two attached hydrogens (primary N) is 1. The fourth-order valence-electron chi connectivity index (χ4n) is 2.57. The number of primary amides is 1. The van der Waals surface area contributed by atoms with Crippen LogP contribution in [0.15, 0.2) is 48.7 Å². The van der Waals surface area contributed by atoms with Crippen molar-refractivity contribution in [3.63, 3.8) is 0 Å². The molecule has 1 heterocycles. The van der Waals surface area contributed by atoms with Gasteiger partial charge in [-0.15, -0.1) is 0 Å². The molecule has 0 aliphatic rings. The fraction of sp³-hybridized carbons (Fsp3) is 0.150. The second kappa shape index (κ2) is 8.46. The van der Waals surface area contributed by atoms with Gasteiger partial charge in [-0.1, -0.05) is 23.2 Å². The zero-order chi connectivity index (χ0) is 20.3. The van der Waals surface area contributed by atoms with Gasteiger partial charge in [0.15, 0.2) is 0 Å².